The van der Waals surface area contributed by atoms with Gasteiger partial charge in [0.1, 0.15) is 5.82 Å². The Morgan fingerprint density at radius 3 is 3.07 bits per heavy atom. The van der Waals surface area contributed by atoms with Crippen molar-refractivity contribution < 1.29 is 0 Å². The fraction of sp³-hybridized carbons (Fsp3) is 0.583. The average Bonchev–Trinajstić information content (AvgIpc) is 2.92. The summed E-state index contributed by atoms with van der Waals surface area (Å²) in [5.74, 6) is 2.00. The molecule has 0 saturated heterocycles. The van der Waals surface area contributed by atoms with Crippen molar-refractivity contribution in [3.63, 3.8) is 0 Å². The lowest BCUT2D eigenvalue weighted by Crippen LogP contribution is -2.05. The molecule has 0 aromatic carbocycles. The first-order valence-corrected chi connectivity index (χ1v) is 5.64. The molecule has 74 valence electrons. The number of pyridine rings is 1. The van der Waals surface area contributed by atoms with E-state index in [0.717, 1.165) is 18.3 Å². The third-order valence-electron chi connectivity index (χ3n) is 3.20. The highest BCUT2D eigenvalue weighted by molar-refractivity contribution is 5.40. The van der Waals surface area contributed by atoms with E-state index in [1.807, 2.05) is 0 Å². The van der Waals surface area contributed by atoms with Crippen LogP contribution >= 0.6 is 0 Å². The molecule has 14 heavy (non-hydrogen) atoms. The predicted octanol–water partition coefficient (Wildman–Crippen LogP) is 2.39. The second-order valence-corrected chi connectivity index (χ2v) is 4.48. The number of hydrogen-bond acceptors (Lipinski definition) is 2. The van der Waals surface area contributed by atoms with Crippen LogP contribution in [0.2, 0.25) is 0 Å². The van der Waals surface area contributed by atoms with Crippen molar-refractivity contribution in [1.82, 2.24) is 4.98 Å². The number of aromatic nitrogens is 1. The molecule has 1 heterocycles. The third-order valence-corrected chi connectivity index (χ3v) is 3.20. The Morgan fingerprint density at radius 1 is 1.29 bits per heavy atom. The minimum Gasteiger partial charge on any atom is -0.370 e. The molecule has 2 nitrogen and oxygen atoms in total. The van der Waals surface area contributed by atoms with Gasteiger partial charge in [-0.25, -0.2) is 4.98 Å². The Labute approximate surface area is 84.7 Å². The largest absolute Gasteiger partial charge is 0.370 e. The van der Waals surface area contributed by atoms with Crippen molar-refractivity contribution in [2.75, 3.05) is 11.9 Å². The number of aryl methyl sites for hydroxylation is 2. The second-order valence-electron chi connectivity index (χ2n) is 4.48. The van der Waals surface area contributed by atoms with E-state index in [-0.39, 0.29) is 0 Å². The lowest BCUT2D eigenvalue weighted by atomic mass is 10.2. The summed E-state index contributed by atoms with van der Waals surface area (Å²) in [5, 5.41) is 3.43. The Balaban J connectivity index is 1.71. The number of anilines is 1. The molecule has 1 fully saturated rings. The summed E-state index contributed by atoms with van der Waals surface area (Å²) < 4.78 is 0. The highest BCUT2D eigenvalue weighted by Crippen LogP contribution is 2.29. The average molecular weight is 188 g/mol. The van der Waals surface area contributed by atoms with E-state index in [0.29, 0.717) is 0 Å². The van der Waals surface area contributed by atoms with E-state index < -0.39 is 0 Å². The quantitative estimate of drug-likeness (QED) is 0.787. The summed E-state index contributed by atoms with van der Waals surface area (Å²) in [6.07, 6.45) is 6.49. The van der Waals surface area contributed by atoms with Crippen LogP contribution in [0.4, 0.5) is 5.82 Å². The summed E-state index contributed by atoms with van der Waals surface area (Å²) in [6.45, 7) is 1.12. The summed E-state index contributed by atoms with van der Waals surface area (Å²) in [4.78, 5) is 4.64. The number of nitrogens with zero attached hydrogens (tertiary/aromatic N) is 1. The molecule has 1 aromatic rings. The minimum atomic E-state index is 0.921. The van der Waals surface area contributed by atoms with Crippen LogP contribution in [0.15, 0.2) is 12.1 Å². The van der Waals surface area contributed by atoms with Gasteiger partial charge in [0.25, 0.3) is 0 Å². The van der Waals surface area contributed by atoms with Gasteiger partial charge >= 0.3 is 0 Å². The first-order valence-electron chi connectivity index (χ1n) is 5.64. The van der Waals surface area contributed by atoms with Gasteiger partial charge in [0.05, 0.1) is 0 Å². The van der Waals surface area contributed by atoms with Crippen molar-refractivity contribution in [3.8, 4) is 0 Å². The Bertz CT molecular complexity index is 342. The van der Waals surface area contributed by atoms with Crippen LogP contribution in [0.5, 0.6) is 0 Å². The maximum Gasteiger partial charge on any atom is 0.126 e. The van der Waals surface area contributed by atoms with Gasteiger partial charge in [-0.05, 0) is 49.7 Å². The van der Waals surface area contributed by atoms with E-state index in [2.05, 4.69) is 22.4 Å². The monoisotopic (exact) mass is 188 g/mol. The number of hydrogen-bond donors (Lipinski definition) is 1. The minimum absolute atomic E-state index is 0.921. The molecular formula is C12H16N2. The number of fused-ring (bicyclic) bond motifs is 1. The standard InChI is InChI=1S/C12H16N2/c1-2-10-6-7-12(14-11(10)3-1)13-8-9-4-5-9/h6-7,9H,1-5,8H2,(H,13,14). The topological polar surface area (TPSA) is 24.9 Å². The zero-order valence-electron chi connectivity index (χ0n) is 8.42. The molecular weight excluding hydrogens is 172 g/mol. The van der Waals surface area contributed by atoms with E-state index in [1.54, 1.807) is 0 Å². The maximum absolute atomic E-state index is 4.64. The smallest absolute Gasteiger partial charge is 0.126 e. The molecule has 2 aliphatic carbocycles. The highest BCUT2D eigenvalue weighted by Gasteiger charge is 2.21. The molecule has 1 aromatic heterocycles. The number of rotatable bonds is 3. The normalized spacial score (nSPS) is 19.4. The summed E-state index contributed by atoms with van der Waals surface area (Å²) >= 11 is 0. The molecule has 0 amide bonds. The van der Waals surface area contributed by atoms with Crippen molar-refractivity contribution >= 4 is 5.82 Å². The van der Waals surface area contributed by atoms with Crippen LogP contribution < -0.4 is 5.32 Å². The van der Waals surface area contributed by atoms with Gasteiger partial charge < -0.3 is 5.32 Å². The van der Waals surface area contributed by atoms with Gasteiger partial charge in [0.15, 0.2) is 0 Å². The number of nitrogens with one attached hydrogen (secondary N) is 1. The zero-order valence-corrected chi connectivity index (χ0v) is 8.42. The maximum atomic E-state index is 4.64. The highest BCUT2D eigenvalue weighted by atomic mass is 15.0. The molecule has 2 heteroatoms. The van der Waals surface area contributed by atoms with E-state index >= 15 is 0 Å². The van der Waals surface area contributed by atoms with Gasteiger partial charge in [0.2, 0.25) is 0 Å². The van der Waals surface area contributed by atoms with Gasteiger partial charge in [-0.3, -0.25) is 0 Å². The van der Waals surface area contributed by atoms with Gasteiger partial charge in [-0.1, -0.05) is 6.07 Å². The SMILES string of the molecule is c1cc2c(nc1NCC1CC1)CCC2. The van der Waals surface area contributed by atoms with Crippen LogP contribution in [0.3, 0.4) is 0 Å². The molecule has 1 saturated carbocycles. The van der Waals surface area contributed by atoms with Gasteiger partial charge in [-0.15, -0.1) is 0 Å². The fourth-order valence-electron chi connectivity index (χ4n) is 2.09. The molecule has 0 bridgehead atoms. The van der Waals surface area contributed by atoms with E-state index in [1.165, 1.54) is 43.4 Å². The van der Waals surface area contributed by atoms with Crippen LogP contribution in [0.25, 0.3) is 0 Å². The Hall–Kier alpha value is -1.05. The summed E-state index contributed by atoms with van der Waals surface area (Å²) in [7, 11) is 0. The van der Waals surface area contributed by atoms with Crippen LogP contribution in [0, 0.1) is 5.92 Å². The molecule has 3 rings (SSSR count). The van der Waals surface area contributed by atoms with Crippen molar-refractivity contribution in [2.45, 2.75) is 32.1 Å². The zero-order chi connectivity index (χ0) is 9.38. The van der Waals surface area contributed by atoms with Crippen LogP contribution in [-0.4, -0.2) is 11.5 Å². The first kappa shape index (κ1) is 8.27. The Kier molecular flexibility index (Phi) is 1.93. The lowest BCUT2D eigenvalue weighted by Gasteiger charge is -2.06. The third kappa shape index (κ3) is 1.61. The first-order chi connectivity index (χ1) is 6.92. The van der Waals surface area contributed by atoms with Crippen LogP contribution in [0.1, 0.15) is 30.5 Å². The molecule has 0 unspecified atom stereocenters. The van der Waals surface area contributed by atoms with Crippen molar-refractivity contribution in [3.05, 3.63) is 23.4 Å². The summed E-state index contributed by atoms with van der Waals surface area (Å²) in [5.41, 5.74) is 2.78. The lowest BCUT2D eigenvalue weighted by molar-refractivity contribution is 0.875. The van der Waals surface area contributed by atoms with E-state index in [4.69, 9.17) is 0 Å². The van der Waals surface area contributed by atoms with E-state index in [9.17, 15) is 0 Å². The molecule has 0 aliphatic heterocycles. The fourth-order valence-corrected chi connectivity index (χ4v) is 2.09. The molecule has 2 aliphatic rings. The molecule has 0 radical (unpaired) electrons. The van der Waals surface area contributed by atoms with Gasteiger partial charge in [0, 0.05) is 12.2 Å². The van der Waals surface area contributed by atoms with Gasteiger partial charge in [-0.2, -0.15) is 0 Å². The second kappa shape index (κ2) is 3.26. The van der Waals surface area contributed by atoms with Crippen molar-refractivity contribution in [2.24, 2.45) is 5.92 Å². The Morgan fingerprint density at radius 2 is 2.21 bits per heavy atom. The van der Waals surface area contributed by atoms with Crippen LogP contribution in [-0.2, 0) is 12.8 Å². The molecule has 0 spiro atoms. The summed E-state index contributed by atoms with van der Waals surface area (Å²) in [6, 6.07) is 4.37. The molecule has 0 atom stereocenters. The molecule has 1 N–H and O–H groups in total. The van der Waals surface area contributed by atoms with Crippen molar-refractivity contribution in [1.29, 1.82) is 0 Å². The predicted molar refractivity (Wildman–Crippen MR) is 57.5 cm³/mol.